The molecule has 0 amide bonds. The van der Waals surface area contributed by atoms with E-state index >= 15 is 0 Å². The van der Waals surface area contributed by atoms with Crippen molar-refractivity contribution in [2.75, 3.05) is 7.11 Å². The Labute approximate surface area is 179 Å². The van der Waals surface area contributed by atoms with Crippen molar-refractivity contribution in [1.29, 1.82) is 0 Å². The molecule has 0 atom stereocenters. The van der Waals surface area contributed by atoms with Crippen LogP contribution in [-0.4, -0.2) is 32.0 Å². The van der Waals surface area contributed by atoms with E-state index in [1.807, 2.05) is 12.1 Å². The first-order valence-corrected chi connectivity index (χ1v) is 9.90. The van der Waals surface area contributed by atoms with Crippen LogP contribution in [0.25, 0.3) is 22.4 Å². The maximum Gasteiger partial charge on any atom is 0.434 e. The van der Waals surface area contributed by atoms with Gasteiger partial charge in [0.05, 0.1) is 12.8 Å². The number of hydrogen-bond donors (Lipinski definition) is 1. The third-order valence-corrected chi connectivity index (χ3v) is 5.02. The highest BCUT2D eigenvalue weighted by Gasteiger charge is 2.34. The van der Waals surface area contributed by atoms with Gasteiger partial charge in [-0.05, 0) is 24.6 Å². The van der Waals surface area contributed by atoms with Crippen LogP contribution >= 0.6 is 11.3 Å². The van der Waals surface area contributed by atoms with Crippen molar-refractivity contribution in [1.82, 2.24) is 24.9 Å². The van der Waals surface area contributed by atoms with Crippen LogP contribution in [0.2, 0.25) is 0 Å². The van der Waals surface area contributed by atoms with E-state index in [-0.39, 0.29) is 23.3 Å². The summed E-state index contributed by atoms with van der Waals surface area (Å²) in [5, 5.41) is 0.965. The molecule has 11 heteroatoms. The van der Waals surface area contributed by atoms with Crippen LogP contribution in [0.5, 0.6) is 11.6 Å². The van der Waals surface area contributed by atoms with Gasteiger partial charge in [-0.3, -0.25) is 0 Å². The van der Waals surface area contributed by atoms with Gasteiger partial charge in [0.15, 0.2) is 22.4 Å². The number of aromatic amines is 1. The zero-order chi connectivity index (χ0) is 22.0. The van der Waals surface area contributed by atoms with Crippen LogP contribution in [0.15, 0.2) is 41.9 Å². The van der Waals surface area contributed by atoms with E-state index in [0.29, 0.717) is 17.3 Å². The summed E-state index contributed by atoms with van der Waals surface area (Å²) in [6.07, 6.45) is -2.85. The highest BCUT2D eigenvalue weighted by Crippen LogP contribution is 2.33. The van der Waals surface area contributed by atoms with Crippen molar-refractivity contribution in [2.24, 2.45) is 0 Å². The molecule has 1 N–H and O–H groups in total. The molecule has 0 aliphatic rings. The van der Waals surface area contributed by atoms with E-state index in [0.717, 1.165) is 28.0 Å². The molecule has 160 valence electrons. The SMILES string of the molecule is COc1ccc(COc2cc(-c3nc(C)c[nH]3)nc(-c3nc(C(F)(F)F)cs3)n2)cc1. The molecule has 0 saturated heterocycles. The minimum atomic E-state index is -4.54. The van der Waals surface area contributed by atoms with Gasteiger partial charge in [-0.2, -0.15) is 18.2 Å². The number of ether oxygens (including phenoxy) is 2. The molecule has 3 heterocycles. The van der Waals surface area contributed by atoms with Crippen LogP contribution in [-0.2, 0) is 12.8 Å². The maximum absolute atomic E-state index is 13.0. The number of nitrogens with one attached hydrogen (secondary N) is 1. The Hall–Kier alpha value is -3.47. The van der Waals surface area contributed by atoms with Crippen LogP contribution in [0.3, 0.4) is 0 Å². The molecular weight excluding hydrogens is 431 g/mol. The smallest absolute Gasteiger partial charge is 0.434 e. The lowest BCUT2D eigenvalue weighted by Crippen LogP contribution is -2.05. The Kier molecular flexibility index (Phi) is 5.59. The summed E-state index contributed by atoms with van der Waals surface area (Å²) in [7, 11) is 1.58. The zero-order valence-electron chi connectivity index (χ0n) is 16.4. The van der Waals surface area contributed by atoms with Crippen molar-refractivity contribution < 1.29 is 22.6 Å². The first-order chi connectivity index (χ1) is 14.8. The average Bonchev–Trinajstić information content (AvgIpc) is 3.42. The fourth-order valence-corrected chi connectivity index (χ4v) is 3.40. The van der Waals surface area contributed by atoms with E-state index < -0.39 is 11.9 Å². The average molecular weight is 447 g/mol. The third-order valence-electron chi connectivity index (χ3n) is 4.18. The zero-order valence-corrected chi connectivity index (χ0v) is 17.2. The standard InChI is InChI=1S/C20H16F3N5O2S/c1-11-8-24-17(25-11)14-7-16(30-9-12-3-5-13(29-2)6-4-12)28-18(26-14)19-27-15(10-31-19)20(21,22)23/h3-8,10H,9H2,1-2H3,(H,24,25). The summed E-state index contributed by atoms with van der Waals surface area (Å²) in [4.78, 5) is 19.5. The van der Waals surface area contributed by atoms with Gasteiger partial charge >= 0.3 is 6.18 Å². The second-order valence-corrected chi connectivity index (χ2v) is 7.34. The van der Waals surface area contributed by atoms with Crippen LogP contribution < -0.4 is 9.47 Å². The van der Waals surface area contributed by atoms with E-state index in [2.05, 4.69) is 24.9 Å². The summed E-state index contributed by atoms with van der Waals surface area (Å²) in [6.45, 7) is 2.00. The fraction of sp³-hybridized carbons (Fsp3) is 0.200. The minimum Gasteiger partial charge on any atom is -0.497 e. The first kappa shape index (κ1) is 20.8. The Morgan fingerprint density at radius 3 is 2.45 bits per heavy atom. The molecule has 0 unspecified atom stereocenters. The number of benzene rings is 1. The molecule has 3 aromatic heterocycles. The molecule has 0 spiro atoms. The second-order valence-electron chi connectivity index (χ2n) is 6.48. The lowest BCUT2D eigenvalue weighted by molar-refractivity contribution is -0.140. The Bertz CT molecular complexity index is 1190. The van der Waals surface area contributed by atoms with E-state index in [9.17, 15) is 13.2 Å². The number of halogens is 3. The topological polar surface area (TPSA) is 85.8 Å². The number of hydrogen-bond acceptors (Lipinski definition) is 7. The van der Waals surface area contributed by atoms with Crippen LogP contribution in [0, 0.1) is 6.92 Å². The van der Waals surface area contributed by atoms with Gasteiger partial charge in [0.25, 0.3) is 0 Å². The van der Waals surface area contributed by atoms with E-state index in [1.165, 1.54) is 0 Å². The molecule has 31 heavy (non-hydrogen) atoms. The minimum absolute atomic E-state index is 0.0248. The third kappa shape index (κ3) is 4.82. The monoisotopic (exact) mass is 447 g/mol. The van der Waals surface area contributed by atoms with E-state index in [1.54, 1.807) is 38.4 Å². The molecular formula is C20H16F3N5O2S. The highest BCUT2D eigenvalue weighted by molar-refractivity contribution is 7.13. The molecule has 0 fully saturated rings. The number of aryl methyl sites for hydroxylation is 1. The summed E-state index contributed by atoms with van der Waals surface area (Å²) in [5.41, 5.74) is 0.997. The molecule has 0 bridgehead atoms. The van der Waals surface area contributed by atoms with Gasteiger partial charge in [-0.15, -0.1) is 11.3 Å². The van der Waals surface area contributed by atoms with Gasteiger partial charge in [-0.1, -0.05) is 12.1 Å². The van der Waals surface area contributed by atoms with Gasteiger partial charge in [-0.25, -0.2) is 15.0 Å². The maximum atomic E-state index is 13.0. The lowest BCUT2D eigenvalue weighted by atomic mass is 10.2. The number of alkyl halides is 3. The fourth-order valence-electron chi connectivity index (χ4n) is 2.65. The number of rotatable bonds is 6. The van der Waals surface area contributed by atoms with E-state index in [4.69, 9.17) is 9.47 Å². The summed E-state index contributed by atoms with van der Waals surface area (Å²) >= 11 is 0.810. The van der Waals surface area contributed by atoms with Gasteiger partial charge in [0.1, 0.15) is 18.1 Å². The van der Waals surface area contributed by atoms with Crippen molar-refractivity contribution in [3.8, 4) is 34.0 Å². The Morgan fingerprint density at radius 1 is 1.06 bits per heavy atom. The van der Waals surface area contributed by atoms with Crippen molar-refractivity contribution in [3.05, 3.63) is 58.9 Å². The molecule has 1 aromatic carbocycles. The largest absolute Gasteiger partial charge is 0.497 e. The number of imidazole rings is 1. The number of nitrogens with zero attached hydrogens (tertiary/aromatic N) is 4. The molecule has 0 aliphatic carbocycles. The van der Waals surface area contributed by atoms with Crippen LogP contribution in [0.1, 0.15) is 17.0 Å². The highest BCUT2D eigenvalue weighted by atomic mass is 32.1. The molecule has 4 aromatic rings. The van der Waals surface area contributed by atoms with Crippen molar-refractivity contribution in [3.63, 3.8) is 0 Å². The molecule has 0 radical (unpaired) electrons. The molecule has 0 aliphatic heterocycles. The van der Waals surface area contributed by atoms with Crippen molar-refractivity contribution >= 4 is 11.3 Å². The van der Waals surface area contributed by atoms with Gasteiger partial charge < -0.3 is 14.5 Å². The normalized spacial score (nSPS) is 11.5. The quantitative estimate of drug-likeness (QED) is 0.452. The summed E-state index contributed by atoms with van der Waals surface area (Å²) < 4.78 is 49.8. The van der Waals surface area contributed by atoms with Gasteiger partial charge in [0, 0.05) is 17.6 Å². The molecule has 7 nitrogen and oxygen atoms in total. The number of thiazole rings is 1. The Morgan fingerprint density at radius 2 is 1.84 bits per heavy atom. The molecule has 4 rings (SSSR count). The van der Waals surface area contributed by atoms with Crippen molar-refractivity contribution in [2.45, 2.75) is 19.7 Å². The Balaban J connectivity index is 1.66. The second kappa shape index (κ2) is 8.34. The molecule has 0 saturated carbocycles. The predicted octanol–water partition coefficient (Wildman–Crippen LogP) is 4.91. The lowest BCUT2D eigenvalue weighted by Gasteiger charge is -2.09. The van der Waals surface area contributed by atoms with Gasteiger partial charge in [0.2, 0.25) is 5.88 Å². The number of aromatic nitrogens is 5. The predicted molar refractivity (Wildman–Crippen MR) is 108 cm³/mol. The summed E-state index contributed by atoms with van der Waals surface area (Å²) in [6, 6.07) is 8.86. The van der Waals surface area contributed by atoms with Crippen LogP contribution in [0.4, 0.5) is 13.2 Å². The number of H-pyrrole nitrogens is 1. The summed E-state index contributed by atoms with van der Waals surface area (Å²) in [5.74, 6) is 1.38. The number of methoxy groups -OCH3 is 1. The first-order valence-electron chi connectivity index (χ1n) is 9.02.